The summed E-state index contributed by atoms with van der Waals surface area (Å²) in [4.78, 5) is 18.5. The Bertz CT molecular complexity index is 991. The maximum atomic E-state index is 14.0. The number of carbonyl (C=O) groups is 1. The van der Waals surface area contributed by atoms with Crippen molar-refractivity contribution in [3.63, 3.8) is 0 Å². The standard InChI is InChI=1S/C33H48N2O3/c1-26-29(24-27-10-7-11-27)12-8-19-33(34(2)22-23-36,30-13-5-4-6-14-30)20-9-21-35(32(26)37)25-28-15-17-31(38-3)18-16-28/h4-6,13-18,26-27,29,36H,7-12,19-25H2,1-3H3/t26?,29?,33-/m1/s1. The van der Waals surface area contributed by atoms with E-state index in [1.807, 2.05) is 12.1 Å². The number of carbonyl (C=O) groups excluding carboxylic acids is 1. The largest absolute Gasteiger partial charge is 0.497 e. The second-order valence-electron chi connectivity index (χ2n) is 11.7. The van der Waals surface area contributed by atoms with Gasteiger partial charge in [0.1, 0.15) is 5.75 Å². The van der Waals surface area contributed by atoms with Crippen LogP contribution in [0.25, 0.3) is 0 Å². The number of aliphatic hydroxyl groups excluding tert-OH is 1. The smallest absolute Gasteiger partial charge is 0.225 e. The van der Waals surface area contributed by atoms with Gasteiger partial charge in [0.05, 0.1) is 13.7 Å². The number of likely N-dealkylation sites (N-methyl/N-ethyl adjacent to an activating group) is 1. The van der Waals surface area contributed by atoms with E-state index >= 15 is 0 Å². The van der Waals surface area contributed by atoms with Crippen LogP contribution < -0.4 is 4.74 Å². The lowest BCUT2D eigenvalue weighted by molar-refractivity contribution is -0.138. The van der Waals surface area contributed by atoms with Crippen LogP contribution in [-0.4, -0.2) is 54.7 Å². The molecule has 1 saturated carbocycles. The van der Waals surface area contributed by atoms with E-state index in [0.717, 1.165) is 55.9 Å². The molecule has 208 valence electrons. The van der Waals surface area contributed by atoms with Crippen LogP contribution in [0.5, 0.6) is 5.75 Å². The third-order valence-corrected chi connectivity index (χ3v) is 9.46. The van der Waals surface area contributed by atoms with Crippen LogP contribution in [-0.2, 0) is 16.9 Å². The first-order valence-electron chi connectivity index (χ1n) is 14.8. The molecule has 0 bridgehead atoms. The zero-order valence-electron chi connectivity index (χ0n) is 23.8. The van der Waals surface area contributed by atoms with Crippen LogP contribution in [0.2, 0.25) is 0 Å². The zero-order valence-corrected chi connectivity index (χ0v) is 23.8. The Morgan fingerprint density at radius 1 is 1.00 bits per heavy atom. The maximum Gasteiger partial charge on any atom is 0.225 e. The molecule has 5 nitrogen and oxygen atoms in total. The monoisotopic (exact) mass is 520 g/mol. The molecule has 1 aliphatic carbocycles. The molecule has 2 unspecified atom stereocenters. The number of hydrogen-bond donors (Lipinski definition) is 1. The van der Waals surface area contributed by atoms with Crippen LogP contribution in [0.4, 0.5) is 0 Å². The molecule has 2 aromatic rings. The SMILES string of the molecule is COc1ccc(CN2CCC[C@](c3ccccc3)(N(C)CCO)CCCC(CC3CCC3)C(C)C2=O)cc1. The van der Waals surface area contributed by atoms with Crippen molar-refractivity contribution in [2.75, 3.05) is 33.9 Å². The Morgan fingerprint density at radius 2 is 1.71 bits per heavy atom. The molecular formula is C33H48N2O3. The Morgan fingerprint density at radius 3 is 2.34 bits per heavy atom. The molecule has 2 fully saturated rings. The molecule has 0 spiro atoms. The Hall–Kier alpha value is -2.37. The number of benzene rings is 2. The minimum absolute atomic E-state index is 0.0354. The number of nitrogens with zero attached hydrogens (tertiary/aromatic N) is 2. The van der Waals surface area contributed by atoms with Crippen molar-refractivity contribution in [3.8, 4) is 5.75 Å². The lowest BCUT2D eigenvalue weighted by Crippen LogP contribution is -2.46. The fourth-order valence-corrected chi connectivity index (χ4v) is 6.78. The Kier molecular flexibility index (Phi) is 10.3. The lowest BCUT2D eigenvalue weighted by atomic mass is 9.73. The highest BCUT2D eigenvalue weighted by Crippen LogP contribution is 2.42. The second kappa shape index (κ2) is 13.6. The summed E-state index contributed by atoms with van der Waals surface area (Å²) in [7, 11) is 3.85. The van der Waals surface area contributed by atoms with Gasteiger partial charge >= 0.3 is 0 Å². The summed E-state index contributed by atoms with van der Waals surface area (Å²) in [5, 5.41) is 9.88. The summed E-state index contributed by atoms with van der Waals surface area (Å²) in [5.41, 5.74) is 2.32. The van der Waals surface area contributed by atoms with Gasteiger partial charge in [0.15, 0.2) is 0 Å². The van der Waals surface area contributed by atoms with E-state index < -0.39 is 0 Å². The average molecular weight is 521 g/mol. The summed E-state index contributed by atoms with van der Waals surface area (Å²) in [6.07, 6.45) is 10.3. The molecule has 38 heavy (non-hydrogen) atoms. The fraction of sp³-hybridized carbons (Fsp3) is 0.606. The van der Waals surface area contributed by atoms with Gasteiger partial charge in [-0.1, -0.05) is 75.1 Å². The molecule has 0 radical (unpaired) electrons. The number of aliphatic hydroxyl groups is 1. The van der Waals surface area contributed by atoms with E-state index in [9.17, 15) is 9.90 Å². The van der Waals surface area contributed by atoms with Gasteiger partial charge in [0, 0.05) is 31.1 Å². The molecule has 1 aliphatic heterocycles. The third-order valence-electron chi connectivity index (χ3n) is 9.46. The zero-order chi connectivity index (χ0) is 27.0. The van der Waals surface area contributed by atoms with E-state index in [4.69, 9.17) is 4.74 Å². The van der Waals surface area contributed by atoms with Crippen LogP contribution in [0.15, 0.2) is 54.6 Å². The van der Waals surface area contributed by atoms with E-state index in [0.29, 0.717) is 24.9 Å². The molecular weight excluding hydrogens is 472 g/mol. The molecule has 1 saturated heterocycles. The first-order chi connectivity index (χ1) is 18.5. The maximum absolute atomic E-state index is 14.0. The number of methoxy groups -OCH3 is 1. The number of amides is 1. The summed E-state index contributed by atoms with van der Waals surface area (Å²) in [5.74, 6) is 2.38. The highest BCUT2D eigenvalue weighted by molar-refractivity contribution is 5.78. The summed E-state index contributed by atoms with van der Waals surface area (Å²) < 4.78 is 5.35. The van der Waals surface area contributed by atoms with Gasteiger partial charge < -0.3 is 14.7 Å². The minimum atomic E-state index is -0.145. The van der Waals surface area contributed by atoms with Gasteiger partial charge in [-0.2, -0.15) is 0 Å². The van der Waals surface area contributed by atoms with Gasteiger partial charge in [-0.05, 0) is 74.2 Å². The molecule has 5 heteroatoms. The molecule has 2 aromatic carbocycles. The summed E-state index contributed by atoms with van der Waals surface area (Å²) in [6, 6.07) is 19.0. The van der Waals surface area contributed by atoms with Gasteiger partial charge in [-0.3, -0.25) is 9.69 Å². The molecule has 0 aromatic heterocycles. The number of rotatable bonds is 9. The number of ether oxygens (including phenoxy) is 1. The van der Waals surface area contributed by atoms with Crippen LogP contribution in [0, 0.1) is 17.8 Å². The van der Waals surface area contributed by atoms with Crippen LogP contribution >= 0.6 is 0 Å². The molecule has 1 heterocycles. The fourth-order valence-electron chi connectivity index (χ4n) is 6.78. The normalized spacial score (nSPS) is 25.6. The quantitative estimate of drug-likeness (QED) is 0.425. The van der Waals surface area contributed by atoms with Gasteiger partial charge in [0.2, 0.25) is 5.91 Å². The van der Waals surface area contributed by atoms with Crippen LogP contribution in [0.3, 0.4) is 0 Å². The Balaban J connectivity index is 1.64. The molecule has 3 atom stereocenters. The Labute approximate surface area is 230 Å². The minimum Gasteiger partial charge on any atom is -0.497 e. The molecule has 1 amide bonds. The highest BCUT2D eigenvalue weighted by Gasteiger charge is 2.38. The third kappa shape index (κ3) is 6.79. The molecule has 1 N–H and O–H groups in total. The van der Waals surface area contributed by atoms with E-state index in [2.05, 4.69) is 66.2 Å². The van der Waals surface area contributed by atoms with Crippen molar-refractivity contribution < 1.29 is 14.6 Å². The molecule has 4 rings (SSSR count). The average Bonchev–Trinajstić information content (AvgIpc) is 2.94. The van der Waals surface area contributed by atoms with Crippen molar-refractivity contribution in [3.05, 3.63) is 65.7 Å². The van der Waals surface area contributed by atoms with Crippen LogP contribution in [0.1, 0.15) is 75.8 Å². The van der Waals surface area contributed by atoms with Crippen molar-refractivity contribution in [2.45, 2.75) is 76.8 Å². The van der Waals surface area contributed by atoms with E-state index in [1.165, 1.54) is 31.2 Å². The van der Waals surface area contributed by atoms with E-state index in [-0.39, 0.29) is 18.1 Å². The predicted molar refractivity (Wildman–Crippen MR) is 154 cm³/mol. The lowest BCUT2D eigenvalue weighted by Gasteiger charge is -2.43. The van der Waals surface area contributed by atoms with Gasteiger partial charge in [-0.25, -0.2) is 0 Å². The topological polar surface area (TPSA) is 53.0 Å². The van der Waals surface area contributed by atoms with E-state index in [1.54, 1.807) is 7.11 Å². The van der Waals surface area contributed by atoms with Crippen molar-refractivity contribution in [1.29, 1.82) is 0 Å². The second-order valence-corrected chi connectivity index (χ2v) is 11.7. The summed E-state index contributed by atoms with van der Waals surface area (Å²) >= 11 is 0. The van der Waals surface area contributed by atoms with Crippen molar-refractivity contribution in [2.24, 2.45) is 17.8 Å². The molecule has 2 aliphatic rings. The first-order valence-corrected chi connectivity index (χ1v) is 14.8. The van der Waals surface area contributed by atoms with Gasteiger partial charge in [0.25, 0.3) is 0 Å². The van der Waals surface area contributed by atoms with Crippen molar-refractivity contribution in [1.82, 2.24) is 9.80 Å². The highest BCUT2D eigenvalue weighted by atomic mass is 16.5. The predicted octanol–water partition coefficient (Wildman–Crippen LogP) is 6.25. The first kappa shape index (κ1) is 28.6. The van der Waals surface area contributed by atoms with Gasteiger partial charge in [-0.15, -0.1) is 0 Å². The number of hydrogen-bond acceptors (Lipinski definition) is 4. The summed E-state index contributed by atoms with van der Waals surface area (Å²) in [6.45, 7) is 4.35. The van der Waals surface area contributed by atoms with Crippen molar-refractivity contribution >= 4 is 5.91 Å².